The molecule has 6 heteroatoms. The number of carbonyl (C=O) groups is 1. The monoisotopic (exact) mass is 291 g/mol. The first-order valence-corrected chi connectivity index (χ1v) is 6.81. The van der Waals surface area contributed by atoms with Gasteiger partial charge in [-0.3, -0.25) is 9.78 Å². The van der Waals surface area contributed by atoms with Crippen molar-refractivity contribution in [1.29, 1.82) is 0 Å². The van der Waals surface area contributed by atoms with Crippen LogP contribution in [0.3, 0.4) is 0 Å². The molecular weight excluding hydrogens is 278 g/mol. The molecule has 3 heterocycles. The Morgan fingerprint density at radius 2 is 2.40 bits per heavy atom. The molecule has 0 N–H and O–H groups in total. The van der Waals surface area contributed by atoms with Gasteiger partial charge in [0.25, 0.3) is 0 Å². The van der Waals surface area contributed by atoms with E-state index in [2.05, 4.69) is 14.5 Å². The Labute approximate surface area is 121 Å². The first-order valence-electron chi connectivity index (χ1n) is 6.44. The Morgan fingerprint density at radius 1 is 1.55 bits per heavy atom. The van der Waals surface area contributed by atoms with Gasteiger partial charge in [-0.15, -0.1) is 0 Å². The lowest BCUT2D eigenvalue weighted by atomic mass is 9.96. The van der Waals surface area contributed by atoms with Crippen LogP contribution in [-0.2, 0) is 22.5 Å². The third kappa shape index (κ3) is 2.18. The molecule has 0 amide bonds. The lowest BCUT2D eigenvalue weighted by Crippen LogP contribution is -2.26. The van der Waals surface area contributed by atoms with Gasteiger partial charge in [-0.25, -0.2) is 4.98 Å². The van der Waals surface area contributed by atoms with Crippen LogP contribution in [0.25, 0.3) is 11.4 Å². The predicted molar refractivity (Wildman–Crippen MR) is 74.3 cm³/mol. The zero-order valence-corrected chi connectivity index (χ0v) is 11.8. The van der Waals surface area contributed by atoms with E-state index in [0.717, 1.165) is 23.5 Å². The molecule has 0 saturated carbocycles. The molecule has 2 aromatic rings. The van der Waals surface area contributed by atoms with E-state index in [9.17, 15) is 4.79 Å². The summed E-state index contributed by atoms with van der Waals surface area (Å²) in [4.78, 5) is 20.2. The number of rotatable bonds is 2. The summed E-state index contributed by atoms with van der Waals surface area (Å²) >= 11 is 6.22. The minimum Gasteiger partial charge on any atom is -0.469 e. The van der Waals surface area contributed by atoms with E-state index in [4.69, 9.17) is 16.3 Å². The van der Waals surface area contributed by atoms with Crippen LogP contribution in [0.2, 0.25) is 5.15 Å². The Balaban J connectivity index is 1.98. The molecular formula is C14H14ClN3O2. The zero-order valence-electron chi connectivity index (χ0n) is 11.0. The molecule has 1 aliphatic rings. The van der Waals surface area contributed by atoms with Crippen LogP contribution in [0.15, 0.2) is 24.5 Å². The number of carbonyl (C=O) groups excluding carboxylic acids is 1. The average Bonchev–Trinajstić information content (AvgIpc) is 2.84. The molecule has 1 unspecified atom stereocenters. The minimum absolute atomic E-state index is 0.136. The van der Waals surface area contributed by atoms with Gasteiger partial charge in [0.2, 0.25) is 0 Å². The number of pyridine rings is 1. The third-order valence-corrected chi connectivity index (χ3v) is 3.92. The van der Waals surface area contributed by atoms with Crippen molar-refractivity contribution in [1.82, 2.24) is 14.5 Å². The molecule has 0 fully saturated rings. The van der Waals surface area contributed by atoms with Crippen molar-refractivity contribution in [2.75, 3.05) is 7.11 Å². The number of nitrogens with zero attached hydrogens (tertiary/aromatic N) is 3. The second-order valence-corrected chi connectivity index (χ2v) is 5.14. The summed E-state index contributed by atoms with van der Waals surface area (Å²) in [6.07, 6.45) is 4.79. The molecule has 1 atom stereocenters. The molecule has 0 spiro atoms. The summed E-state index contributed by atoms with van der Waals surface area (Å²) in [5.41, 5.74) is 1.82. The lowest BCUT2D eigenvalue weighted by molar-refractivity contribution is -0.146. The van der Waals surface area contributed by atoms with Crippen LogP contribution in [0.1, 0.15) is 12.1 Å². The minimum atomic E-state index is -0.184. The highest BCUT2D eigenvalue weighted by Gasteiger charge is 2.29. The van der Waals surface area contributed by atoms with Crippen molar-refractivity contribution >= 4 is 17.6 Å². The van der Waals surface area contributed by atoms with Gasteiger partial charge in [-0.05, 0) is 18.6 Å². The standard InChI is InChI=1S/C14H14ClN3O2/c1-20-14(19)9-4-6-18-11(7-9)12(15)17-13(18)10-3-2-5-16-8-10/h2-3,5,8-9H,4,6-7H2,1H3. The van der Waals surface area contributed by atoms with E-state index in [-0.39, 0.29) is 11.9 Å². The Morgan fingerprint density at radius 3 is 3.10 bits per heavy atom. The molecule has 1 aliphatic heterocycles. The van der Waals surface area contributed by atoms with Gasteiger partial charge < -0.3 is 9.30 Å². The molecule has 0 radical (unpaired) electrons. The smallest absolute Gasteiger partial charge is 0.309 e. The van der Waals surface area contributed by atoms with Crippen molar-refractivity contribution in [2.45, 2.75) is 19.4 Å². The summed E-state index contributed by atoms with van der Waals surface area (Å²) in [5, 5.41) is 0.456. The summed E-state index contributed by atoms with van der Waals surface area (Å²) in [5.74, 6) is 0.487. The molecule has 0 aromatic carbocycles. The van der Waals surface area contributed by atoms with Crippen LogP contribution < -0.4 is 0 Å². The fourth-order valence-corrected chi connectivity index (χ4v) is 2.86. The molecule has 5 nitrogen and oxygen atoms in total. The lowest BCUT2D eigenvalue weighted by Gasteiger charge is -2.23. The van der Waals surface area contributed by atoms with Crippen molar-refractivity contribution in [2.24, 2.45) is 5.92 Å². The highest BCUT2D eigenvalue weighted by Crippen LogP contribution is 2.32. The van der Waals surface area contributed by atoms with E-state index < -0.39 is 0 Å². The number of ether oxygens (including phenoxy) is 1. The van der Waals surface area contributed by atoms with Crippen LogP contribution in [0.4, 0.5) is 0 Å². The predicted octanol–water partition coefficient (Wildman–Crippen LogP) is 2.33. The van der Waals surface area contributed by atoms with Gasteiger partial charge >= 0.3 is 5.97 Å². The quantitative estimate of drug-likeness (QED) is 0.797. The normalized spacial score (nSPS) is 17.6. The first kappa shape index (κ1) is 13.1. The fourth-order valence-electron chi connectivity index (χ4n) is 2.60. The van der Waals surface area contributed by atoms with Crippen LogP contribution in [-0.4, -0.2) is 27.6 Å². The highest BCUT2D eigenvalue weighted by atomic mass is 35.5. The molecule has 0 bridgehead atoms. The summed E-state index contributed by atoms with van der Waals surface area (Å²) in [6.45, 7) is 0.707. The maximum absolute atomic E-state index is 11.7. The summed E-state index contributed by atoms with van der Waals surface area (Å²) in [6, 6.07) is 3.82. The van der Waals surface area contributed by atoms with E-state index >= 15 is 0 Å². The number of methoxy groups -OCH3 is 1. The van der Waals surface area contributed by atoms with Crippen LogP contribution >= 0.6 is 11.6 Å². The van der Waals surface area contributed by atoms with Crippen molar-refractivity contribution in [3.63, 3.8) is 0 Å². The van der Waals surface area contributed by atoms with Crippen LogP contribution in [0, 0.1) is 5.92 Å². The maximum Gasteiger partial charge on any atom is 0.309 e. The fraction of sp³-hybridized carbons (Fsp3) is 0.357. The van der Waals surface area contributed by atoms with Crippen molar-refractivity contribution in [3.05, 3.63) is 35.4 Å². The number of hydrogen-bond donors (Lipinski definition) is 0. The Bertz CT molecular complexity index is 639. The second-order valence-electron chi connectivity index (χ2n) is 4.78. The van der Waals surface area contributed by atoms with Crippen molar-refractivity contribution in [3.8, 4) is 11.4 Å². The zero-order chi connectivity index (χ0) is 14.1. The van der Waals surface area contributed by atoms with Gasteiger partial charge in [0.05, 0.1) is 18.7 Å². The van der Waals surface area contributed by atoms with Gasteiger partial charge in [0, 0.05) is 30.9 Å². The van der Waals surface area contributed by atoms with Crippen LogP contribution in [0.5, 0.6) is 0 Å². The summed E-state index contributed by atoms with van der Waals surface area (Å²) < 4.78 is 6.88. The molecule has 0 aliphatic carbocycles. The molecule has 2 aromatic heterocycles. The van der Waals surface area contributed by atoms with E-state index in [1.54, 1.807) is 12.4 Å². The summed E-state index contributed by atoms with van der Waals surface area (Å²) in [7, 11) is 1.41. The van der Waals surface area contributed by atoms with Gasteiger partial charge in [0.1, 0.15) is 5.82 Å². The number of aromatic nitrogens is 3. The molecule has 104 valence electrons. The maximum atomic E-state index is 11.7. The topological polar surface area (TPSA) is 57.0 Å². The Kier molecular flexibility index (Phi) is 3.44. The molecule has 3 rings (SSSR count). The molecule has 20 heavy (non-hydrogen) atoms. The SMILES string of the molecule is COC(=O)C1CCn2c(-c3cccnc3)nc(Cl)c2C1. The third-order valence-electron chi connectivity index (χ3n) is 3.62. The number of fused-ring (bicyclic) bond motifs is 1. The van der Waals surface area contributed by atoms with E-state index in [1.165, 1.54) is 7.11 Å². The van der Waals surface area contributed by atoms with Gasteiger partial charge in [-0.1, -0.05) is 11.6 Å². The van der Waals surface area contributed by atoms with Crippen molar-refractivity contribution < 1.29 is 9.53 Å². The molecule has 0 saturated heterocycles. The van der Waals surface area contributed by atoms with E-state index in [0.29, 0.717) is 18.1 Å². The largest absolute Gasteiger partial charge is 0.469 e. The number of imidazole rings is 1. The van der Waals surface area contributed by atoms with Gasteiger partial charge in [0.15, 0.2) is 5.15 Å². The second kappa shape index (κ2) is 5.25. The van der Waals surface area contributed by atoms with Gasteiger partial charge in [-0.2, -0.15) is 0 Å². The Hall–Kier alpha value is -1.88. The number of halogens is 1. The highest BCUT2D eigenvalue weighted by molar-refractivity contribution is 6.30. The first-order chi connectivity index (χ1) is 9.70. The van der Waals surface area contributed by atoms with E-state index in [1.807, 2.05) is 12.1 Å². The number of hydrogen-bond acceptors (Lipinski definition) is 4. The number of esters is 1. The average molecular weight is 292 g/mol.